The Balaban J connectivity index is 1.61. The highest BCUT2D eigenvalue weighted by Crippen LogP contribution is 2.27. The van der Waals surface area contributed by atoms with Gasteiger partial charge in [0.2, 0.25) is 10.0 Å². The smallest absolute Gasteiger partial charge is 0.213 e. The molecule has 0 aromatic carbocycles. The fourth-order valence-corrected chi connectivity index (χ4v) is 4.89. The van der Waals surface area contributed by atoms with Crippen LogP contribution < -0.4 is 15.4 Å². The summed E-state index contributed by atoms with van der Waals surface area (Å²) >= 11 is 0. The third kappa shape index (κ3) is 6.63. The second-order valence-electron chi connectivity index (χ2n) is 8.20. The molecule has 1 saturated heterocycles. The summed E-state index contributed by atoms with van der Waals surface area (Å²) in [4.78, 5) is 9.34. The van der Waals surface area contributed by atoms with Crippen LogP contribution in [-0.2, 0) is 14.8 Å². The molecule has 0 spiro atoms. The maximum Gasteiger partial charge on any atom is 0.213 e. The van der Waals surface area contributed by atoms with Crippen molar-refractivity contribution in [3.8, 4) is 0 Å². The van der Waals surface area contributed by atoms with E-state index in [1.807, 2.05) is 0 Å². The lowest BCUT2D eigenvalue weighted by Crippen LogP contribution is -2.63. The van der Waals surface area contributed by atoms with Crippen molar-refractivity contribution in [2.24, 2.45) is 4.99 Å². The van der Waals surface area contributed by atoms with E-state index < -0.39 is 16.1 Å². The van der Waals surface area contributed by atoms with Gasteiger partial charge >= 0.3 is 0 Å². The molecule has 30 heavy (non-hydrogen) atoms. The number of sulfonamides is 1. The van der Waals surface area contributed by atoms with Crippen molar-refractivity contribution in [1.29, 1.82) is 0 Å². The standard InChI is InChI=1S/C19H36N6O4S/c1-24-8-10-25(11-9-24)19-22-17-6-4-3-5-16(17)18(23-19)20-7-12-30(27,28)21-13-15(26)14-29-2/h15,19,21-22,26H,3-14H2,1-2H3,(H,20,23). The summed E-state index contributed by atoms with van der Waals surface area (Å²) in [5.74, 6) is 0.703. The summed E-state index contributed by atoms with van der Waals surface area (Å²) in [5, 5.41) is 16.8. The summed E-state index contributed by atoms with van der Waals surface area (Å²) in [7, 11) is 0.0839. The number of hydrogen-bond acceptors (Lipinski definition) is 8. The number of allylic oxidation sites excluding steroid dienone is 1. The number of aliphatic hydroxyl groups excluding tert-OH is 1. The zero-order chi connectivity index (χ0) is 21.6. The molecule has 2 heterocycles. The number of aliphatic hydroxyl groups is 1. The summed E-state index contributed by atoms with van der Waals surface area (Å²) in [6.07, 6.45) is 3.39. The quantitative estimate of drug-likeness (QED) is 0.353. The second-order valence-corrected chi connectivity index (χ2v) is 10.1. The number of piperazine rings is 1. The van der Waals surface area contributed by atoms with Gasteiger partial charge in [-0.05, 0) is 32.7 Å². The molecule has 10 nitrogen and oxygen atoms in total. The lowest BCUT2D eigenvalue weighted by atomic mass is 9.94. The predicted molar refractivity (Wildman–Crippen MR) is 117 cm³/mol. The van der Waals surface area contributed by atoms with Crippen molar-refractivity contribution < 1.29 is 18.3 Å². The molecule has 2 aliphatic heterocycles. The van der Waals surface area contributed by atoms with E-state index in [0.717, 1.165) is 57.7 Å². The van der Waals surface area contributed by atoms with Gasteiger partial charge in [-0.1, -0.05) is 0 Å². The SMILES string of the molecule is COCC(O)CNS(=O)(=O)CCN=C1NC(N2CCN(C)CC2)NC2=C1CCCC2. The van der Waals surface area contributed by atoms with Crippen molar-refractivity contribution in [3.63, 3.8) is 0 Å². The Morgan fingerprint density at radius 1 is 1.23 bits per heavy atom. The van der Waals surface area contributed by atoms with Gasteiger partial charge in [-0.2, -0.15) is 0 Å². The van der Waals surface area contributed by atoms with E-state index in [4.69, 9.17) is 4.74 Å². The Morgan fingerprint density at radius 3 is 2.70 bits per heavy atom. The minimum atomic E-state index is -3.51. The molecule has 3 aliphatic rings. The van der Waals surface area contributed by atoms with Crippen molar-refractivity contribution in [2.75, 3.05) is 65.8 Å². The number of aliphatic imine (C=N–C) groups is 1. The fraction of sp³-hybridized carbons (Fsp3) is 0.842. The number of nitrogens with one attached hydrogen (secondary N) is 3. The molecule has 1 aliphatic carbocycles. The summed E-state index contributed by atoms with van der Waals surface area (Å²) in [6.45, 7) is 4.19. The molecule has 0 radical (unpaired) electrons. The highest BCUT2D eigenvalue weighted by atomic mass is 32.2. The third-order valence-electron chi connectivity index (χ3n) is 5.77. The Hall–Kier alpha value is -1.24. The maximum atomic E-state index is 12.2. The number of nitrogens with zero attached hydrogens (tertiary/aromatic N) is 3. The van der Waals surface area contributed by atoms with Crippen LogP contribution in [0, 0.1) is 0 Å². The first-order valence-electron chi connectivity index (χ1n) is 10.7. The first-order chi connectivity index (χ1) is 14.4. The summed E-state index contributed by atoms with van der Waals surface area (Å²) in [5.41, 5.74) is 2.43. The monoisotopic (exact) mass is 444 g/mol. The largest absolute Gasteiger partial charge is 0.389 e. The first kappa shape index (κ1) is 23.4. The third-order valence-corrected chi connectivity index (χ3v) is 7.10. The fourth-order valence-electron chi connectivity index (χ4n) is 3.97. The van der Waals surface area contributed by atoms with E-state index in [1.54, 1.807) is 0 Å². The van der Waals surface area contributed by atoms with Gasteiger partial charge in [0.05, 0.1) is 25.0 Å². The summed E-state index contributed by atoms with van der Waals surface area (Å²) in [6, 6.07) is 0. The van der Waals surface area contributed by atoms with Crippen molar-refractivity contribution >= 4 is 15.9 Å². The van der Waals surface area contributed by atoms with Gasteiger partial charge < -0.3 is 25.4 Å². The zero-order valence-electron chi connectivity index (χ0n) is 18.1. The molecule has 0 saturated carbocycles. The van der Waals surface area contributed by atoms with Gasteiger partial charge in [-0.3, -0.25) is 9.89 Å². The topological polar surface area (TPSA) is 119 Å². The number of amidine groups is 1. The number of likely N-dealkylation sites (N-methyl/N-ethyl adjacent to an activating group) is 1. The number of ether oxygens (including phenoxy) is 1. The Labute approximate surface area is 179 Å². The molecule has 4 N–H and O–H groups in total. The van der Waals surface area contributed by atoms with Crippen LogP contribution in [0.4, 0.5) is 0 Å². The minimum Gasteiger partial charge on any atom is -0.389 e. The van der Waals surface area contributed by atoms with E-state index in [-0.39, 0.29) is 31.7 Å². The van der Waals surface area contributed by atoms with Gasteiger partial charge in [0.1, 0.15) is 5.84 Å². The first-order valence-corrected chi connectivity index (χ1v) is 12.4. The number of rotatable bonds is 9. The lowest BCUT2D eigenvalue weighted by Gasteiger charge is -2.43. The molecule has 3 rings (SSSR count). The zero-order valence-corrected chi connectivity index (χ0v) is 18.9. The normalized spacial score (nSPS) is 26.2. The molecule has 1 fully saturated rings. The highest BCUT2D eigenvalue weighted by molar-refractivity contribution is 7.89. The van der Waals surface area contributed by atoms with Crippen molar-refractivity contribution in [3.05, 3.63) is 11.3 Å². The summed E-state index contributed by atoms with van der Waals surface area (Å²) < 4.78 is 31.7. The van der Waals surface area contributed by atoms with E-state index in [2.05, 4.69) is 37.2 Å². The molecule has 172 valence electrons. The molecule has 0 aromatic rings. The van der Waals surface area contributed by atoms with Crippen LogP contribution in [-0.4, -0.2) is 107 Å². The molecule has 2 atom stereocenters. The maximum absolute atomic E-state index is 12.2. The van der Waals surface area contributed by atoms with Crippen LogP contribution in [0.3, 0.4) is 0 Å². The van der Waals surface area contributed by atoms with Crippen molar-refractivity contribution in [2.45, 2.75) is 38.1 Å². The highest BCUT2D eigenvalue weighted by Gasteiger charge is 2.31. The Morgan fingerprint density at radius 2 is 1.97 bits per heavy atom. The van der Waals surface area contributed by atoms with E-state index in [0.29, 0.717) is 0 Å². The molecule has 0 amide bonds. The molecule has 2 unspecified atom stereocenters. The van der Waals surface area contributed by atoms with E-state index in [1.165, 1.54) is 18.4 Å². The van der Waals surface area contributed by atoms with Crippen LogP contribution in [0.5, 0.6) is 0 Å². The average Bonchev–Trinajstić information content (AvgIpc) is 2.73. The molecular weight excluding hydrogens is 408 g/mol. The van der Waals surface area contributed by atoms with Crippen LogP contribution in [0.2, 0.25) is 0 Å². The van der Waals surface area contributed by atoms with Gasteiger partial charge in [-0.25, -0.2) is 13.1 Å². The average molecular weight is 445 g/mol. The van der Waals surface area contributed by atoms with Gasteiger partial charge in [0, 0.05) is 51.1 Å². The molecular formula is C19H36N6O4S. The van der Waals surface area contributed by atoms with E-state index >= 15 is 0 Å². The Kier molecular flexibility index (Phi) is 8.49. The van der Waals surface area contributed by atoms with Gasteiger partial charge in [0.15, 0.2) is 6.29 Å². The van der Waals surface area contributed by atoms with Crippen molar-refractivity contribution in [1.82, 2.24) is 25.2 Å². The Bertz CT molecular complexity index is 733. The molecule has 0 bridgehead atoms. The number of methoxy groups -OCH3 is 1. The number of hydrogen-bond donors (Lipinski definition) is 4. The lowest BCUT2D eigenvalue weighted by molar-refractivity contribution is 0.0679. The van der Waals surface area contributed by atoms with Crippen LogP contribution >= 0.6 is 0 Å². The second kappa shape index (κ2) is 10.9. The minimum absolute atomic E-state index is 0.00627. The van der Waals surface area contributed by atoms with Crippen LogP contribution in [0.15, 0.2) is 16.3 Å². The van der Waals surface area contributed by atoms with Gasteiger partial charge in [-0.15, -0.1) is 0 Å². The van der Waals surface area contributed by atoms with E-state index in [9.17, 15) is 13.5 Å². The van der Waals surface area contributed by atoms with Crippen LogP contribution in [0.25, 0.3) is 0 Å². The van der Waals surface area contributed by atoms with Gasteiger partial charge in [0.25, 0.3) is 0 Å². The predicted octanol–water partition coefficient (Wildman–Crippen LogP) is -1.14. The molecule has 11 heteroatoms. The molecule has 0 aromatic heterocycles. The van der Waals surface area contributed by atoms with Crippen LogP contribution in [0.1, 0.15) is 25.7 Å².